The van der Waals surface area contributed by atoms with Crippen molar-refractivity contribution < 1.29 is 14.4 Å². The van der Waals surface area contributed by atoms with Crippen molar-refractivity contribution in [1.82, 2.24) is 4.90 Å². The van der Waals surface area contributed by atoms with E-state index in [4.69, 9.17) is 0 Å². The van der Waals surface area contributed by atoms with Crippen LogP contribution in [0.15, 0.2) is 36.4 Å². The molecule has 5 nitrogen and oxygen atoms in total. The smallest absolute Gasteiger partial charge is 0.235 e. The number of anilines is 1. The maximum atomic E-state index is 13.1. The molecule has 6 atom stereocenters. The van der Waals surface area contributed by atoms with Gasteiger partial charge in [-0.15, -0.1) is 0 Å². The second-order valence-electron chi connectivity index (χ2n) is 8.18. The van der Waals surface area contributed by atoms with E-state index in [-0.39, 0.29) is 48.1 Å². The van der Waals surface area contributed by atoms with Crippen LogP contribution in [0.2, 0.25) is 0 Å². The second kappa shape index (κ2) is 5.29. The zero-order valence-corrected chi connectivity index (χ0v) is 15.0. The molecular formula is C21H22N2O3. The summed E-state index contributed by atoms with van der Waals surface area (Å²) in [5.41, 5.74) is 1.81. The lowest BCUT2D eigenvalue weighted by atomic mass is 9.63. The summed E-state index contributed by atoms with van der Waals surface area (Å²) in [5.74, 6) is 0.802. The number of nitrogens with zero attached hydrogens (tertiary/aromatic N) is 2. The molecule has 5 aliphatic rings. The topological polar surface area (TPSA) is 57.7 Å². The fraction of sp³-hybridized carbons (Fsp3) is 0.476. The van der Waals surface area contributed by atoms with Crippen molar-refractivity contribution in [3.63, 3.8) is 0 Å². The van der Waals surface area contributed by atoms with E-state index in [1.54, 1.807) is 0 Å². The van der Waals surface area contributed by atoms with Gasteiger partial charge in [-0.25, -0.2) is 0 Å². The first-order valence-corrected chi connectivity index (χ1v) is 9.35. The van der Waals surface area contributed by atoms with E-state index in [2.05, 4.69) is 12.2 Å². The summed E-state index contributed by atoms with van der Waals surface area (Å²) in [5, 5.41) is 0. The Hall–Kier alpha value is -2.43. The van der Waals surface area contributed by atoms with E-state index in [9.17, 15) is 14.4 Å². The third-order valence-electron chi connectivity index (χ3n) is 6.76. The lowest BCUT2D eigenvalue weighted by molar-refractivity contribution is -0.140. The number of carbonyl (C=O) groups excluding carboxylic acids is 3. The molecule has 4 aliphatic carbocycles. The average Bonchev–Trinajstić information content (AvgIpc) is 3.40. The number of carbonyl (C=O) groups is 3. The van der Waals surface area contributed by atoms with Crippen molar-refractivity contribution in [3.05, 3.63) is 42.0 Å². The number of rotatable bonds is 3. The van der Waals surface area contributed by atoms with E-state index in [0.717, 1.165) is 12.0 Å². The molecule has 2 saturated carbocycles. The van der Waals surface area contributed by atoms with Gasteiger partial charge in [-0.1, -0.05) is 29.8 Å². The van der Waals surface area contributed by atoms with Crippen molar-refractivity contribution in [3.8, 4) is 0 Å². The number of aryl methyl sites for hydroxylation is 1. The Balaban J connectivity index is 1.44. The fourth-order valence-corrected chi connectivity index (χ4v) is 5.39. The molecule has 0 aromatic heterocycles. The maximum Gasteiger partial charge on any atom is 0.235 e. The summed E-state index contributed by atoms with van der Waals surface area (Å²) in [7, 11) is 0. The minimum absolute atomic E-state index is 0.0117. The van der Waals surface area contributed by atoms with Crippen LogP contribution in [0, 0.1) is 42.4 Å². The third-order valence-corrected chi connectivity index (χ3v) is 6.76. The molecule has 5 heteroatoms. The zero-order chi connectivity index (χ0) is 18.2. The molecule has 1 saturated heterocycles. The molecule has 1 aromatic rings. The molecule has 1 aromatic carbocycles. The molecule has 0 unspecified atom stereocenters. The average molecular weight is 350 g/mol. The number of hydrogen-bond donors (Lipinski definition) is 0. The van der Waals surface area contributed by atoms with Crippen molar-refractivity contribution in [2.24, 2.45) is 35.5 Å². The SMILES string of the molecule is CC(=O)N(CN1C(=O)[C@H]2[C@@H]3C=C[C@H]([C@@H]4C[C@H]34)[C@@H]2C1=O)c1ccc(C)cc1. The van der Waals surface area contributed by atoms with E-state index in [1.807, 2.05) is 31.2 Å². The van der Waals surface area contributed by atoms with Gasteiger partial charge in [0.25, 0.3) is 0 Å². The van der Waals surface area contributed by atoms with E-state index < -0.39 is 0 Å². The lowest BCUT2D eigenvalue weighted by Gasteiger charge is -2.37. The highest BCUT2D eigenvalue weighted by atomic mass is 16.2. The van der Waals surface area contributed by atoms with Crippen LogP contribution < -0.4 is 4.90 Å². The van der Waals surface area contributed by atoms with Gasteiger partial charge >= 0.3 is 0 Å². The number of allylic oxidation sites excluding steroid dienone is 2. The number of amides is 3. The Kier molecular flexibility index (Phi) is 3.21. The summed E-state index contributed by atoms with van der Waals surface area (Å²) in [6.07, 6.45) is 5.48. The Morgan fingerprint density at radius 1 is 1.04 bits per heavy atom. The van der Waals surface area contributed by atoms with Crippen LogP contribution in [0.1, 0.15) is 18.9 Å². The van der Waals surface area contributed by atoms with Crippen LogP contribution in [0.4, 0.5) is 5.69 Å². The first-order valence-electron chi connectivity index (χ1n) is 9.35. The van der Waals surface area contributed by atoms with Gasteiger partial charge < -0.3 is 0 Å². The highest BCUT2D eigenvalue weighted by Crippen LogP contribution is 2.65. The molecule has 3 fully saturated rings. The fourth-order valence-electron chi connectivity index (χ4n) is 5.39. The molecule has 26 heavy (non-hydrogen) atoms. The van der Waals surface area contributed by atoms with Gasteiger partial charge in [-0.2, -0.15) is 0 Å². The molecular weight excluding hydrogens is 328 g/mol. The largest absolute Gasteiger partial charge is 0.294 e. The number of benzene rings is 1. The van der Waals surface area contributed by atoms with Gasteiger partial charge in [-0.3, -0.25) is 24.2 Å². The Morgan fingerprint density at radius 3 is 2.08 bits per heavy atom. The van der Waals surface area contributed by atoms with E-state index >= 15 is 0 Å². The molecule has 0 radical (unpaired) electrons. The van der Waals surface area contributed by atoms with Crippen LogP contribution in [0.5, 0.6) is 0 Å². The highest BCUT2D eigenvalue weighted by Gasteiger charge is 2.67. The summed E-state index contributed by atoms with van der Waals surface area (Å²) < 4.78 is 0. The predicted octanol–water partition coefficient (Wildman–Crippen LogP) is 2.36. The minimum atomic E-state index is -0.215. The van der Waals surface area contributed by atoms with Gasteiger partial charge in [0.2, 0.25) is 17.7 Å². The zero-order valence-electron chi connectivity index (χ0n) is 15.0. The lowest BCUT2D eigenvalue weighted by Crippen LogP contribution is -2.44. The highest BCUT2D eigenvalue weighted by molar-refractivity contribution is 6.07. The molecule has 0 N–H and O–H groups in total. The van der Waals surface area contributed by atoms with Crippen LogP contribution in [-0.2, 0) is 14.4 Å². The quantitative estimate of drug-likeness (QED) is 0.621. The van der Waals surface area contributed by atoms with E-state index in [1.165, 1.54) is 16.7 Å². The second-order valence-corrected chi connectivity index (χ2v) is 8.18. The Bertz CT molecular complexity index is 807. The van der Waals surface area contributed by atoms with Gasteiger partial charge in [-0.05, 0) is 49.1 Å². The normalized spacial score (nSPS) is 36.2. The van der Waals surface area contributed by atoms with Crippen LogP contribution in [0.3, 0.4) is 0 Å². The summed E-state index contributed by atoms with van der Waals surface area (Å²) in [6.45, 7) is 3.46. The standard InChI is InChI=1S/C21H22N2O3/c1-11-3-5-13(6-4-11)22(12(2)24)10-23-20(25)18-14-7-8-15(17-9-16(14)17)19(18)21(23)26/h3-8,14-19H,9-10H2,1-2H3/t14-,15-,16-,17+,18+,19+/m1/s1. The first-order chi connectivity index (χ1) is 12.5. The summed E-state index contributed by atoms with van der Waals surface area (Å²) in [4.78, 5) is 41.2. The Morgan fingerprint density at radius 2 is 1.58 bits per heavy atom. The van der Waals surface area contributed by atoms with Crippen molar-refractivity contribution in [2.45, 2.75) is 20.3 Å². The van der Waals surface area contributed by atoms with Crippen molar-refractivity contribution >= 4 is 23.4 Å². The van der Waals surface area contributed by atoms with Crippen LogP contribution in [-0.4, -0.2) is 29.3 Å². The summed E-state index contributed by atoms with van der Waals surface area (Å²) in [6, 6.07) is 7.57. The third kappa shape index (κ3) is 2.06. The number of imide groups is 1. The minimum Gasteiger partial charge on any atom is -0.294 e. The molecule has 134 valence electrons. The maximum absolute atomic E-state index is 13.1. The van der Waals surface area contributed by atoms with Crippen molar-refractivity contribution in [1.29, 1.82) is 0 Å². The van der Waals surface area contributed by atoms with Gasteiger partial charge in [0.1, 0.15) is 6.67 Å². The summed E-state index contributed by atoms with van der Waals surface area (Å²) >= 11 is 0. The van der Waals surface area contributed by atoms with Crippen molar-refractivity contribution in [2.75, 3.05) is 11.6 Å². The van der Waals surface area contributed by atoms with Gasteiger partial charge in [0.15, 0.2) is 0 Å². The molecule has 1 heterocycles. The molecule has 0 spiro atoms. The molecule has 2 bridgehead atoms. The van der Waals surface area contributed by atoms with Gasteiger partial charge in [0.05, 0.1) is 11.8 Å². The molecule has 6 rings (SSSR count). The van der Waals surface area contributed by atoms with E-state index in [0.29, 0.717) is 17.5 Å². The first kappa shape index (κ1) is 15.8. The monoisotopic (exact) mass is 350 g/mol. The molecule has 3 amide bonds. The van der Waals surface area contributed by atoms with Crippen LogP contribution in [0.25, 0.3) is 0 Å². The Labute approximate surface area is 152 Å². The number of hydrogen-bond acceptors (Lipinski definition) is 3. The predicted molar refractivity (Wildman–Crippen MR) is 95.8 cm³/mol. The van der Waals surface area contributed by atoms with Crippen LogP contribution >= 0.6 is 0 Å². The molecule has 1 aliphatic heterocycles. The number of likely N-dealkylation sites (tertiary alicyclic amines) is 1. The van der Waals surface area contributed by atoms with Gasteiger partial charge in [0, 0.05) is 12.6 Å².